The zero-order valence-corrected chi connectivity index (χ0v) is 18.8. The summed E-state index contributed by atoms with van der Waals surface area (Å²) in [4.78, 5) is 44.0. The van der Waals surface area contributed by atoms with Crippen LogP contribution in [0.15, 0.2) is 24.3 Å². The number of Topliss-reactive ketones (excluding diaryl/α,β-unsaturated/α-hetero) is 1. The second kappa shape index (κ2) is 9.37. The summed E-state index contributed by atoms with van der Waals surface area (Å²) in [5.74, 6) is -1.09. The van der Waals surface area contributed by atoms with Gasteiger partial charge >= 0.3 is 5.97 Å². The number of hydrogen-bond acceptors (Lipinski definition) is 5. The minimum Gasteiger partial charge on any atom is -0.497 e. The van der Waals surface area contributed by atoms with Crippen LogP contribution in [0.5, 0.6) is 5.75 Å². The van der Waals surface area contributed by atoms with E-state index in [0.717, 1.165) is 19.3 Å². The number of ketones is 1. The Bertz CT molecular complexity index is 967. The number of hydrogen-bond donors (Lipinski definition) is 1. The first-order valence-electron chi connectivity index (χ1n) is 10.7. The maximum Gasteiger partial charge on any atom is 0.340 e. The highest BCUT2D eigenvalue weighted by atomic mass is 16.5. The van der Waals surface area contributed by atoms with Gasteiger partial charge < -0.3 is 19.4 Å². The fourth-order valence-corrected chi connectivity index (χ4v) is 4.35. The largest absolute Gasteiger partial charge is 0.497 e. The molecular weight excluding hydrogens is 396 g/mol. The summed E-state index contributed by atoms with van der Waals surface area (Å²) >= 11 is 0. The highest BCUT2D eigenvalue weighted by Gasteiger charge is 2.36. The van der Waals surface area contributed by atoms with Crippen LogP contribution in [0.25, 0.3) is 11.1 Å². The van der Waals surface area contributed by atoms with Crippen molar-refractivity contribution >= 4 is 17.7 Å². The number of aromatic amines is 1. The second-order valence-electron chi connectivity index (χ2n) is 7.99. The summed E-state index contributed by atoms with van der Waals surface area (Å²) in [6.45, 7) is 7.56. The topological polar surface area (TPSA) is 88.7 Å². The molecule has 2 aromatic rings. The van der Waals surface area contributed by atoms with Crippen molar-refractivity contribution in [1.82, 2.24) is 9.88 Å². The molecule has 2 heterocycles. The maximum absolute atomic E-state index is 13.4. The third kappa shape index (κ3) is 4.36. The minimum absolute atomic E-state index is 0.00905. The lowest BCUT2D eigenvalue weighted by molar-refractivity contribution is -0.132. The van der Waals surface area contributed by atoms with Crippen LogP contribution in [-0.4, -0.2) is 53.3 Å². The number of likely N-dealkylation sites (tertiary alicyclic amines) is 1. The number of nitrogens with one attached hydrogen (secondary N) is 1. The summed E-state index contributed by atoms with van der Waals surface area (Å²) < 4.78 is 10.4. The molecule has 1 N–H and O–H groups in total. The first-order chi connectivity index (χ1) is 14.8. The van der Waals surface area contributed by atoms with E-state index >= 15 is 0 Å². The molecule has 0 saturated carbocycles. The fourth-order valence-electron chi connectivity index (χ4n) is 4.35. The zero-order chi connectivity index (χ0) is 22.7. The zero-order valence-electron chi connectivity index (χ0n) is 18.8. The Morgan fingerprint density at radius 1 is 1.10 bits per heavy atom. The van der Waals surface area contributed by atoms with Crippen LogP contribution < -0.4 is 4.74 Å². The normalized spacial score (nSPS) is 18.5. The van der Waals surface area contributed by atoms with Gasteiger partial charge in [0.25, 0.3) is 11.7 Å². The molecule has 1 fully saturated rings. The Hall–Kier alpha value is -3.09. The summed E-state index contributed by atoms with van der Waals surface area (Å²) in [5, 5.41) is 0. The van der Waals surface area contributed by atoms with Gasteiger partial charge in [-0.15, -0.1) is 0 Å². The molecule has 0 radical (unpaired) electrons. The van der Waals surface area contributed by atoms with E-state index in [2.05, 4.69) is 4.98 Å². The highest BCUT2D eigenvalue weighted by Crippen LogP contribution is 2.33. The van der Waals surface area contributed by atoms with E-state index in [4.69, 9.17) is 9.47 Å². The second-order valence-corrected chi connectivity index (χ2v) is 7.99. The standard InChI is InChI=1S/C24H30N2O5/c1-6-31-24(29)19-16(4)25-21(20(19)17-10-12-18(30-5)13-11-17)22(27)23(28)26-14(2)8-7-9-15(26)3/h10-15,25H,6-9H2,1-5H3/t14-,15+. The number of aromatic nitrogens is 1. The number of methoxy groups -OCH3 is 1. The molecule has 0 unspecified atom stereocenters. The van der Waals surface area contributed by atoms with Gasteiger partial charge in [-0.1, -0.05) is 12.1 Å². The maximum atomic E-state index is 13.4. The number of amides is 1. The Labute approximate surface area is 182 Å². The van der Waals surface area contributed by atoms with Crippen molar-refractivity contribution in [3.8, 4) is 16.9 Å². The Balaban J connectivity index is 2.10. The molecule has 3 rings (SSSR count). The van der Waals surface area contributed by atoms with Crippen LogP contribution in [0.1, 0.15) is 66.6 Å². The first kappa shape index (κ1) is 22.6. The van der Waals surface area contributed by atoms with Crippen LogP contribution in [0.2, 0.25) is 0 Å². The third-order valence-corrected chi connectivity index (χ3v) is 5.90. The van der Waals surface area contributed by atoms with Gasteiger partial charge in [-0.2, -0.15) is 0 Å². The molecule has 1 aliphatic rings. The number of esters is 1. The van der Waals surface area contributed by atoms with E-state index in [1.54, 1.807) is 50.1 Å². The molecule has 31 heavy (non-hydrogen) atoms. The third-order valence-electron chi connectivity index (χ3n) is 5.90. The summed E-state index contributed by atoms with van der Waals surface area (Å²) in [6, 6.07) is 7.00. The van der Waals surface area contributed by atoms with Crippen molar-refractivity contribution in [2.24, 2.45) is 0 Å². The van der Waals surface area contributed by atoms with Gasteiger partial charge in [-0.3, -0.25) is 9.59 Å². The predicted molar refractivity (Wildman–Crippen MR) is 117 cm³/mol. The number of benzene rings is 1. The van der Waals surface area contributed by atoms with E-state index < -0.39 is 17.7 Å². The van der Waals surface area contributed by atoms with E-state index in [1.165, 1.54) is 0 Å². The molecule has 1 aliphatic heterocycles. The number of piperidine rings is 1. The minimum atomic E-state index is -0.648. The number of H-pyrrole nitrogens is 1. The van der Waals surface area contributed by atoms with Crippen molar-refractivity contribution in [2.75, 3.05) is 13.7 Å². The summed E-state index contributed by atoms with van der Waals surface area (Å²) in [7, 11) is 1.56. The van der Waals surface area contributed by atoms with E-state index in [1.807, 2.05) is 13.8 Å². The molecule has 7 heteroatoms. The average Bonchev–Trinajstić information content (AvgIpc) is 3.10. The van der Waals surface area contributed by atoms with Gasteiger partial charge in [0.1, 0.15) is 11.4 Å². The molecule has 1 amide bonds. The summed E-state index contributed by atoms with van der Waals surface area (Å²) in [5.41, 5.74) is 1.88. The van der Waals surface area contributed by atoms with Crippen molar-refractivity contribution in [3.05, 3.63) is 41.2 Å². The lowest BCUT2D eigenvalue weighted by atomic mass is 9.95. The Morgan fingerprint density at radius 2 is 1.71 bits per heavy atom. The van der Waals surface area contributed by atoms with Crippen LogP contribution in [0, 0.1) is 6.92 Å². The van der Waals surface area contributed by atoms with E-state index in [0.29, 0.717) is 22.6 Å². The van der Waals surface area contributed by atoms with Gasteiger partial charge in [0.15, 0.2) is 0 Å². The van der Waals surface area contributed by atoms with E-state index in [9.17, 15) is 14.4 Å². The molecule has 1 aromatic heterocycles. The van der Waals surface area contributed by atoms with Gasteiger partial charge in [-0.25, -0.2) is 4.79 Å². The quantitative estimate of drug-likeness (QED) is 0.426. The first-order valence-corrected chi connectivity index (χ1v) is 10.7. The van der Waals surface area contributed by atoms with Gasteiger partial charge in [0.2, 0.25) is 0 Å². The molecule has 1 saturated heterocycles. The van der Waals surface area contributed by atoms with Crippen molar-refractivity contribution in [1.29, 1.82) is 0 Å². The van der Waals surface area contributed by atoms with Crippen LogP contribution in [0.3, 0.4) is 0 Å². The SMILES string of the molecule is CCOC(=O)c1c(C)[nH]c(C(=O)C(=O)N2[C@H](C)CCC[C@@H]2C)c1-c1ccc(OC)cc1. The van der Waals surface area contributed by atoms with Gasteiger partial charge in [-0.05, 0) is 64.7 Å². The fraction of sp³-hybridized carbons (Fsp3) is 0.458. The lowest BCUT2D eigenvalue weighted by Gasteiger charge is -2.38. The average molecular weight is 427 g/mol. The molecule has 0 bridgehead atoms. The number of nitrogens with zero attached hydrogens (tertiary/aromatic N) is 1. The van der Waals surface area contributed by atoms with Crippen LogP contribution in [0.4, 0.5) is 0 Å². The Morgan fingerprint density at radius 3 is 2.26 bits per heavy atom. The number of carbonyl (C=O) groups excluding carboxylic acids is 3. The summed E-state index contributed by atoms with van der Waals surface area (Å²) in [6.07, 6.45) is 2.77. The van der Waals surface area contributed by atoms with Gasteiger partial charge in [0, 0.05) is 23.3 Å². The highest BCUT2D eigenvalue weighted by molar-refractivity contribution is 6.44. The molecular formula is C24H30N2O5. The number of ether oxygens (including phenoxy) is 2. The molecule has 2 atom stereocenters. The molecule has 1 aromatic carbocycles. The number of rotatable bonds is 6. The molecule has 0 aliphatic carbocycles. The monoisotopic (exact) mass is 426 g/mol. The predicted octanol–water partition coefficient (Wildman–Crippen LogP) is 4.15. The lowest BCUT2D eigenvalue weighted by Crippen LogP contribution is -2.50. The van der Waals surface area contributed by atoms with Crippen LogP contribution >= 0.6 is 0 Å². The molecule has 0 spiro atoms. The smallest absolute Gasteiger partial charge is 0.340 e. The van der Waals surface area contributed by atoms with Gasteiger partial charge in [0.05, 0.1) is 19.3 Å². The Kier molecular flexibility index (Phi) is 6.83. The number of aryl methyl sites for hydroxylation is 1. The van der Waals surface area contributed by atoms with Crippen molar-refractivity contribution in [3.63, 3.8) is 0 Å². The number of carbonyl (C=O) groups is 3. The van der Waals surface area contributed by atoms with Crippen LogP contribution in [-0.2, 0) is 9.53 Å². The molecule has 166 valence electrons. The van der Waals surface area contributed by atoms with E-state index in [-0.39, 0.29) is 29.9 Å². The molecule has 7 nitrogen and oxygen atoms in total. The van der Waals surface area contributed by atoms with Crippen molar-refractivity contribution < 1.29 is 23.9 Å². The van der Waals surface area contributed by atoms with Crippen molar-refractivity contribution in [2.45, 2.75) is 59.0 Å².